The van der Waals surface area contributed by atoms with Gasteiger partial charge in [0.2, 0.25) is 0 Å². The Kier molecular flexibility index (Phi) is 4.49. The van der Waals surface area contributed by atoms with Crippen LogP contribution in [0, 0.1) is 0 Å². The van der Waals surface area contributed by atoms with Crippen molar-refractivity contribution in [3.8, 4) is 0 Å². The Labute approximate surface area is 96.6 Å². The lowest BCUT2D eigenvalue weighted by Crippen LogP contribution is -2.11. The van der Waals surface area contributed by atoms with Crippen molar-refractivity contribution in [1.29, 1.82) is 0 Å². The van der Waals surface area contributed by atoms with E-state index in [2.05, 4.69) is 15.9 Å². The molecule has 0 amide bonds. The van der Waals surface area contributed by atoms with Crippen LogP contribution in [0.3, 0.4) is 0 Å². The van der Waals surface area contributed by atoms with Gasteiger partial charge in [-0.2, -0.15) is 0 Å². The Morgan fingerprint density at radius 2 is 1.87 bits per heavy atom. The molecule has 0 heterocycles. The van der Waals surface area contributed by atoms with E-state index in [-0.39, 0.29) is 12.4 Å². The molecule has 80 valence electrons. The molecule has 0 aliphatic rings. The smallest absolute Gasteiger partial charge is 0.338 e. The van der Waals surface area contributed by atoms with E-state index in [4.69, 9.17) is 4.74 Å². The summed E-state index contributed by atoms with van der Waals surface area (Å²) in [5.74, 6) is -0.633. The number of halogens is 1. The standard InChI is InChI=1S/C11H11BrO3/c1-8(13)7-15-11(14)10-4-2-9(6-12)3-5-10/h2-5H,6-7H2,1H3. The molecule has 0 aliphatic heterocycles. The summed E-state index contributed by atoms with van der Waals surface area (Å²) in [6.45, 7) is 1.21. The van der Waals surface area contributed by atoms with Crippen molar-refractivity contribution >= 4 is 27.7 Å². The fourth-order valence-electron chi connectivity index (χ4n) is 0.980. The van der Waals surface area contributed by atoms with Gasteiger partial charge in [-0.3, -0.25) is 4.79 Å². The largest absolute Gasteiger partial charge is 0.454 e. The minimum Gasteiger partial charge on any atom is -0.454 e. The van der Waals surface area contributed by atoms with Gasteiger partial charge in [-0.25, -0.2) is 4.79 Å². The average Bonchev–Trinajstić information content (AvgIpc) is 2.26. The highest BCUT2D eigenvalue weighted by Gasteiger charge is 2.07. The Morgan fingerprint density at radius 3 is 2.33 bits per heavy atom. The molecule has 15 heavy (non-hydrogen) atoms. The van der Waals surface area contributed by atoms with Crippen LogP contribution in [0.15, 0.2) is 24.3 Å². The summed E-state index contributed by atoms with van der Waals surface area (Å²) < 4.78 is 4.76. The first kappa shape index (κ1) is 11.9. The van der Waals surface area contributed by atoms with Crippen LogP contribution in [0.25, 0.3) is 0 Å². The molecule has 0 aliphatic carbocycles. The van der Waals surface area contributed by atoms with Gasteiger partial charge in [0.15, 0.2) is 5.78 Å². The number of hydrogen-bond acceptors (Lipinski definition) is 3. The van der Waals surface area contributed by atoms with Gasteiger partial charge in [-0.1, -0.05) is 28.1 Å². The Hall–Kier alpha value is -1.16. The van der Waals surface area contributed by atoms with Gasteiger partial charge >= 0.3 is 5.97 Å². The van der Waals surface area contributed by atoms with E-state index in [1.807, 2.05) is 12.1 Å². The third-order valence-corrected chi connectivity index (χ3v) is 2.40. The summed E-state index contributed by atoms with van der Waals surface area (Å²) in [6.07, 6.45) is 0. The quantitative estimate of drug-likeness (QED) is 0.623. The topological polar surface area (TPSA) is 43.4 Å². The second-order valence-electron chi connectivity index (χ2n) is 3.11. The SMILES string of the molecule is CC(=O)COC(=O)c1ccc(CBr)cc1. The lowest BCUT2D eigenvalue weighted by molar-refractivity contribution is -0.120. The summed E-state index contributed by atoms with van der Waals surface area (Å²) in [5, 5.41) is 0.746. The second kappa shape index (κ2) is 5.66. The summed E-state index contributed by atoms with van der Waals surface area (Å²) in [6, 6.07) is 7.02. The molecule has 1 rings (SSSR count). The first-order chi connectivity index (χ1) is 7.13. The number of benzene rings is 1. The maximum absolute atomic E-state index is 11.4. The van der Waals surface area contributed by atoms with Crippen LogP contribution >= 0.6 is 15.9 Å². The van der Waals surface area contributed by atoms with E-state index in [9.17, 15) is 9.59 Å². The summed E-state index contributed by atoms with van der Waals surface area (Å²) in [5.41, 5.74) is 1.54. The molecule has 0 bridgehead atoms. The van der Waals surface area contributed by atoms with Crippen molar-refractivity contribution in [1.82, 2.24) is 0 Å². The molecule has 1 aromatic rings. The molecule has 0 spiro atoms. The number of esters is 1. The predicted octanol–water partition coefficient (Wildman–Crippen LogP) is 2.33. The van der Waals surface area contributed by atoms with Crippen LogP contribution in [-0.4, -0.2) is 18.4 Å². The van der Waals surface area contributed by atoms with Crippen molar-refractivity contribution < 1.29 is 14.3 Å². The number of hydrogen-bond donors (Lipinski definition) is 0. The van der Waals surface area contributed by atoms with Crippen molar-refractivity contribution in [2.75, 3.05) is 6.61 Å². The molecule has 1 aromatic carbocycles. The van der Waals surface area contributed by atoms with Gasteiger partial charge in [0, 0.05) is 5.33 Å². The van der Waals surface area contributed by atoms with Gasteiger partial charge in [0.05, 0.1) is 5.56 Å². The maximum atomic E-state index is 11.4. The highest BCUT2D eigenvalue weighted by molar-refractivity contribution is 9.08. The molecule has 0 N–H and O–H groups in total. The minimum absolute atomic E-state index is 0.166. The molecule has 0 saturated heterocycles. The van der Waals surface area contributed by atoms with Crippen LogP contribution in [0.1, 0.15) is 22.8 Å². The van der Waals surface area contributed by atoms with Crippen molar-refractivity contribution in [3.63, 3.8) is 0 Å². The third-order valence-electron chi connectivity index (χ3n) is 1.75. The molecule has 0 radical (unpaired) electrons. The fraction of sp³-hybridized carbons (Fsp3) is 0.273. The molecular formula is C11H11BrO3. The normalized spacial score (nSPS) is 9.73. The molecule has 0 atom stereocenters. The number of carbonyl (C=O) groups is 2. The lowest BCUT2D eigenvalue weighted by atomic mass is 10.1. The zero-order chi connectivity index (χ0) is 11.3. The minimum atomic E-state index is -0.466. The van der Waals surface area contributed by atoms with Crippen molar-refractivity contribution in [2.24, 2.45) is 0 Å². The van der Waals surface area contributed by atoms with Crippen LogP contribution < -0.4 is 0 Å². The number of ether oxygens (including phenoxy) is 1. The Morgan fingerprint density at radius 1 is 1.27 bits per heavy atom. The highest BCUT2D eigenvalue weighted by atomic mass is 79.9. The zero-order valence-electron chi connectivity index (χ0n) is 8.33. The van der Waals surface area contributed by atoms with E-state index >= 15 is 0 Å². The monoisotopic (exact) mass is 270 g/mol. The maximum Gasteiger partial charge on any atom is 0.338 e. The highest BCUT2D eigenvalue weighted by Crippen LogP contribution is 2.08. The van der Waals surface area contributed by atoms with E-state index in [0.29, 0.717) is 5.56 Å². The third kappa shape index (κ3) is 3.83. The van der Waals surface area contributed by atoms with Crippen LogP contribution in [0.4, 0.5) is 0 Å². The van der Waals surface area contributed by atoms with E-state index in [1.54, 1.807) is 12.1 Å². The Bertz CT molecular complexity index is 357. The van der Waals surface area contributed by atoms with Crippen LogP contribution in [0.2, 0.25) is 0 Å². The zero-order valence-corrected chi connectivity index (χ0v) is 9.91. The number of rotatable bonds is 4. The van der Waals surface area contributed by atoms with Crippen molar-refractivity contribution in [3.05, 3.63) is 35.4 Å². The van der Waals surface area contributed by atoms with Gasteiger partial charge < -0.3 is 4.74 Å². The van der Waals surface area contributed by atoms with Gasteiger partial charge in [0.25, 0.3) is 0 Å². The first-order valence-corrected chi connectivity index (χ1v) is 5.57. The molecular weight excluding hydrogens is 260 g/mol. The van der Waals surface area contributed by atoms with Crippen LogP contribution in [0.5, 0.6) is 0 Å². The number of ketones is 1. The van der Waals surface area contributed by atoms with E-state index < -0.39 is 5.97 Å². The summed E-state index contributed by atoms with van der Waals surface area (Å²) in [7, 11) is 0. The molecule has 0 saturated carbocycles. The average molecular weight is 271 g/mol. The lowest BCUT2D eigenvalue weighted by Gasteiger charge is -2.02. The number of alkyl halides is 1. The number of carbonyl (C=O) groups excluding carboxylic acids is 2. The number of Topliss-reactive ketones (excluding diaryl/α,β-unsaturated/α-hetero) is 1. The summed E-state index contributed by atoms with van der Waals surface area (Å²) >= 11 is 3.31. The van der Waals surface area contributed by atoms with E-state index in [1.165, 1.54) is 6.92 Å². The molecule has 0 fully saturated rings. The summed E-state index contributed by atoms with van der Waals surface area (Å²) in [4.78, 5) is 22.0. The fourth-order valence-corrected chi connectivity index (χ4v) is 1.35. The predicted molar refractivity (Wildman–Crippen MR) is 60.0 cm³/mol. The van der Waals surface area contributed by atoms with Crippen molar-refractivity contribution in [2.45, 2.75) is 12.3 Å². The van der Waals surface area contributed by atoms with Crippen LogP contribution in [-0.2, 0) is 14.9 Å². The van der Waals surface area contributed by atoms with E-state index in [0.717, 1.165) is 10.9 Å². The Balaban J connectivity index is 2.62. The molecule has 0 unspecified atom stereocenters. The molecule has 3 nitrogen and oxygen atoms in total. The molecule has 4 heteroatoms. The van der Waals surface area contributed by atoms with Gasteiger partial charge in [0.1, 0.15) is 6.61 Å². The van der Waals surface area contributed by atoms with Gasteiger partial charge in [-0.05, 0) is 24.6 Å². The molecule has 0 aromatic heterocycles. The van der Waals surface area contributed by atoms with Gasteiger partial charge in [-0.15, -0.1) is 0 Å². The first-order valence-electron chi connectivity index (χ1n) is 4.45. The second-order valence-corrected chi connectivity index (χ2v) is 3.67.